The molecule has 7 nitrogen and oxygen atoms in total. The van der Waals surface area contributed by atoms with E-state index in [4.69, 9.17) is 5.84 Å². The average molecular weight is 333 g/mol. The zero-order valence-corrected chi connectivity index (χ0v) is 13.5. The number of nitrogen functional groups attached to an aromatic ring is 1. The molecule has 0 aromatic carbocycles. The molecule has 1 aliphatic carbocycles. The zero-order valence-electron chi connectivity index (χ0n) is 13.5. The number of hydrogen-bond acceptors (Lipinski definition) is 5. The van der Waals surface area contributed by atoms with Gasteiger partial charge in [-0.15, -0.1) is 0 Å². The molecule has 8 heteroatoms. The molecule has 1 aliphatic heterocycles. The Morgan fingerprint density at radius 1 is 1.25 bits per heavy atom. The van der Waals surface area contributed by atoms with Crippen molar-refractivity contribution in [3.63, 3.8) is 0 Å². The first kappa shape index (κ1) is 15.2. The summed E-state index contributed by atoms with van der Waals surface area (Å²) in [6, 6.07) is 0. The summed E-state index contributed by atoms with van der Waals surface area (Å²) in [6.45, 7) is 4.70. The summed E-state index contributed by atoms with van der Waals surface area (Å²) in [5.41, 5.74) is 0.979. The molecule has 2 aromatic rings. The highest BCUT2D eigenvalue weighted by Gasteiger charge is 2.32. The van der Waals surface area contributed by atoms with Gasteiger partial charge in [0.2, 0.25) is 0 Å². The van der Waals surface area contributed by atoms with Crippen LogP contribution in [-0.4, -0.2) is 35.3 Å². The average Bonchev–Trinajstić information content (AvgIpc) is 3.40. The van der Waals surface area contributed by atoms with Crippen molar-refractivity contribution in [1.82, 2.24) is 14.4 Å². The Labute approximate surface area is 137 Å². The standard InChI is InChI=1S/C16H20FN5O2/c1-9-13(20-6-4-19-5-7-20)11(17)8-21-14(9)12(10-2-3-10)15(23)22(18)16(21)24/h8,10,19H,2-7,18H2,1H3. The van der Waals surface area contributed by atoms with E-state index < -0.39 is 17.1 Å². The minimum Gasteiger partial charge on any atom is -0.366 e. The Kier molecular flexibility index (Phi) is 3.38. The van der Waals surface area contributed by atoms with Gasteiger partial charge in [0.05, 0.1) is 17.4 Å². The summed E-state index contributed by atoms with van der Waals surface area (Å²) < 4.78 is 16.5. The summed E-state index contributed by atoms with van der Waals surface area (Å²) in [4.78, 5) is 26.8. The van der Waals surface area contributed by atoms with Gasteiger partial charge in [0, 0.05) is 37.3 Å². The van der Waals surface area contributed by atoms with Crippen molar-refractivity contribution in [1.29, 1.82) is 0 Å². The molecule has 128 valence electrons. The van der Waals surface area contributed by atoms with Crippen LogP contribution < -0.4 is 27.3 Å². The molecule has 2 fully saturated rings. The number of aromatic nitrogens is 2. The molecule has 3 heterocycles. The molecule has 0 unspecified atom stereocenters. The van der Waals surface area contributed by atoms with Crippen molar-refractivity contribution >= 4 is 11.2 Å². The van der Waals surface area contributed by atoms with E-state index in [9.17, 15) is 14.0 Å². The second-order valence-electron chi connectivity index (χ2n) is 6.55. The predicted octanol–water partition coefficient (Wildman–Crippen LogP) is -0.0905. The Balaban J connectivity index is 2.07. The molecule has 0 radical (unpaired) electrons. The molecule has 4 rings (SSSR count). The highest BCUT2D eigenvalue weighted by molar-refractivity contribution is 5.72. The molecule has 24 heavy (non-hydrogen) atoms. The van der Waals surface area contributed by atoms with Gasteiger partial charge in [-0.2, -0.15) is 4.68 Å². The van der Waals surface area contributed by atoms with Crippen molar-refractivity contribution in [2.75, 3.05) is 36.9 Å². The summed E-state index contributed by atoms with van der Waals surface area (Å²) in [6.07, 6.45) is 2.95. The first-order valence-electron chi connectivity index (χ1n) is 8.22. The van der Waals surface area contributed by atoms with Crippen LogP contribution in [0, 0.1) is 12.7 Å². The van der Waals surface area contributed by atoms with E-state index >= 15 is 0 Å². The molecule has 0 bridgehead atoms. The van der Waals surface area contributed by atoms with Crippen molar-refractivity contribution in [2.45, 2.75) is 25.7 Å². The van der Waals surface area contributed by atoms with Crippen LogP contribution in [0.5, 0.6) is 0 Å². The summed E-state index contributed by atoms with van der Waals surface area (Å²) in [5, 5.41) is 3.24. The fourth-order valence-corrected chi connectivity index (χ4v) is 3.64. The van der Waals surface area contributed by atoms with Crippen LogP contribution in [0.3, 0.4) is 0 Å². The van der Waals surface area contributed by atoms with Gasteiger partial charge in [0.15, 0.2) is 5.82 Å². The largest absolute Gasteiger partial charge is 0.366 e. The molecule has 0 atom stereocenters. The van der Waals surface area contributed by atoms with Gasteiger partial charge in [0.1, 0.15) is 0 Å². The Hall–Kier alpha value is -2.35. The summed E-state index contributed by atoms with van der Waals surface area (Å²) >= 11 is 0. The van der Waals surface area contributed by atoms with Crippen LogP contribution in [0.2, 0.25) is 0 Å². The first-order valence-corrected chi connectivity index (χ1v) is 8.22. The fourth-order valence-electron chi connectivity index (χ4n) is 3.64. The normalized spacial score (nSPS) is 18.3. The monoisotopic (exact) mass is 333 g/mol. The van der Waals surface area contributed by atoms with Crippen LogP contribution in [-0.2, 0) is 0 Å². The summed E-state index contributed by atoms with van der Waals surface area (Å²) in [7, 11) is 0. The molecular weight excluding hydrogens is 313 g/mol. The number of rotatable bonds is 2. The van der Waals surface area contributed by atoms with E-state index in [1.165, 1.54) is 4.40 Å². The van der Waals surface area contributed by atoms with Gasteiger partial charge >= 0.3 is 5.69 Å². The maximum absolute atomic E-state index is 14.8. The number of nitrogens with two attached hydrogens (primary N) is 1. The number of hydrogen-bond donors (Lipinski definition) is 2. The third-order valence-electron chi connectivity index (χ3n) is 4.96. The van der Waals surface area contributed by atoms with Crippen molar-refractivity contribution in [3.05, 3.63) is 44.0 Å². The second-order valence-corrected chi connectivity index (χ2v) is 6.55. The molecular formula is C16H20FN5O2. The number of nitrogens with one attached hydrogen (secondary N) is 1. The predicted molar refractivity (Wildman–Crippen MR) is 89.8 cm³/mol. The Morgan fingerprint density at radius 2 is 1.92 bits per heavy atom. The van der Waals surface area contributed by atoms with Crippen molar-refractivity contribution in [2.24, 2.45) is 0 Å². The first-order chi connectivity index (χ1) is 11.5. The van der Waals surface area contributed by atoms with E-state index in [2.05, 4.69) is 5.32 Å². The van der Waals surface area contributed by atoms with Crippen molar-refractivity contribution < 1.29 is 4.39 Å². The highest BCUT2D eigenvalue weighted by Crippen LogP contribution is 2.41. The van der Waals surface area contributed by atoms with Crippen molar-refractivity contribution in [3.8, 4) is 0 Å². The number of fused-ring (bicyclic) bond motifs is 1. The number of piperazine rings is 1. The number of pyridine rings is 1. The molecule has 2 aliphatic rings. The third kappa shape index (κ3) is 2.13. The highest BCUT2D eigenvalue weighted by atomic mass is 19.1. The number of aryl methyl sites for hydroxylation is 1. The topological polar surface area (TPSA) is 84.8 Å². The van der Waals surface area contributed by atoms with Gasteiger partial charge < -0.3 is 16.1 Å². The van der Waals surface area contributed by atoms with E-state index in [0.717, 1.165) is 32.1 Å². The molecule has 1 saturated heterocycles. The molecule has 0 amide bonds. The van der Waals surface area contributed by atoms with Crippen LogP contribution in [0.1, 0.15) is 29.9 Å². The lowest BCUT2D eigenvalue weighted by Crippen LogP contribution is -2.46. The van der Waals surface area contributed by atoms with Crippen LogP contribution in [0.25, 0.3) is 5.52 Å². The Bertz CT molecular complexity index is 938. The van der Waals surface area contributed by atoms with Crippen LogP contribution >= 0.6 is 0 Å². The Morgan fingerprint density at radius 3 is 2.54 bits per heavy atom. The van der Waals surface area contributed by atoms with E-state index in [1.54, 1.807) is 6.92 Å². The smallest absolute Gasteiger partial charge is 0.354 e. The van der Waals surface area contributed by atoms with Crippen LogP contribution in [0.15, 0.2) is 15.8 Å². The number of anilines is 1. The molecule has 1 saturated carbocycles. The molecule has 2 aromatic heterocycles. The SMILES string of the molecule is Cc1c(N2CCNCC2)c(F)cn2c(=O)n(N)c(=O)c(C3CC3)c12. The van der Waals surface area contributed by atoms with Gasteiger partial charge in [-0.25, -0.2) is 9.18 Å². The van der Waals surface area contributed by atoms with E-state index in [-0.39, 0.29) is 5.92 Å². The van der Waals surface area contributed by atoms with Gasteiger partial charge in [0.25, 0.3) is 5.56 Å². The second kappa shape index (κ2) is 5.34. The maximum atomic E-state index is 14.8. The molecule has 0 spiro atoms. The van der Waals surface area contributed by atoms with E-state index in [0.29, 0.717) is 40.1 Å². The van der Waals surface area contributed by atoms with Gasteiger partial charge in [-0.3, -0.25) is 9.20 Å². The third-order valence-corrected chi connectivity index (χ3v) is 4.96. The minimum atomic E-state index is -0.715. The fraction of sp³-hybridized carbons (Fsp3) is 0.500. The number of nitrogens with zero attached hydrogens (tertiary/aromatic N) is 3. The quantitative estimate of drug-likeness (QED) is 0.751. The van der Waals surface area contributed by atoms with Gasteiger partial charge in [-0.1, -0.05) is 0 Å². The minimum absolute atomic E-state index is 0.0999. The lowest BCUT2D eigenvalue weighted by Gasteiger charge is -2.31. The molecule has 3 N–H and O–H groups in total. The summed E-state index contributed by atoms with van der Waals surface area (Å²) in [5.74, 6) is 5.26. The van der Waals surface area contributed by atoms with Crippen LogP contribution in [0.4, 0.5) is 10.1 Å². The zero-order chi connectivity index (χ0) is 17.0. The lowest BCUT2D eigenvalue weighted by atomic mass is 10.1. The maximum Gasteiger partial charge on any atom is 0.354 e. The van der Waals surface area contributed by atoms with E-state index in [1.807, 2.05) is 4.90 Å². The lowest BCUT2D eigenvalue weighted by molar-refractivity contribution is 0.560. The number of halogens is 1. The van der Waals surface area contributed by atoms with Gasteiger partial charge in [-0.05, 0) is 25.7 Å².